The highest BCUT2D eigenvalue weighted by Gasteiger charge is 2.43. The van der Waals surface area contributed by atoms with Crippen molar-refractivity contribution in [2.24, 2.45) is 0 Å². The highest BCUT2D eigenvalue weighted by molar-refractivity contribution is 6.00. The quantitative estimate of drug-likeness (QED) is 0.582. The van der Waals surface area contributed by atoms with Gasteiger partial charge in [0.2, 0.25) is 0 Å². The molecule has 7 heteroatoms. The van der Waals surface area contributed by atoms with Crippen LogP contribution in [0.4, 0.5) is 16.2 Å². The second-order valence-electron chi connectivity index (χ2n) is 7.95. The van der Waals surface area contributed by atoms with Crippen molar-refractivity contribution in [1.82, 2.24) is 5.32 Å². The summed E-state index contributed by atoms with van der Waals surface area (Å²) in [6.45, 7) is 6.49. The maximum absolute atomic E-state index is 13.5. The fraction of sp³-hybridized carbons (Fsp3) is 0.440. The van der Waals surface area contributed by atoms with Crippen molar-refractivity contribution < 1.29 is 19.1 Å². The van der Waals surface area contributed by atoms with Gasteiger partial charge in [0, 0.05) is 38.0 Å². The van der Waals surface area contributed by atoms with Gasteiger partial charge in [0.1, 0.15) is 12.1 Å². The van der Waals surface area contributed by atoms with E-state index >= 15 is 0 Å². The number of fused-ring (bicyclic) bond motifs is 1. The lowest BCUT2D eigenvalue weighted by molar-refractivity contribution is -0.122. The zero-order valence-corrected chi connectivity index (χ0v) is 19.1. The number of methoxy groups -OCH3 is 1. The van der Waals surface area contributed by atoms with Gasteiger partial charge in [-0.2, -0.15) is 0 Å². The molecule has 2 N–H and O–H groups in total. The molecular weight excluding hydrogens is 406 g/mol. The summed E-state index contributed by atoms with van der Waals surface area (Å²) in [5.41, 5.74) is 2.97. The molecule has 2 amide bonds. The summed E-state index contributed by atoms with van der Waals surface area (Å²) < 4.78 is 10.1. The molecule has 172 valence electrons. The molecule has 0 fully saturated rings. The first-order valence-electron chi connectivity index (χ1n) is 11.2. The molecule has 0 spiro atoms. The molecule has 0 bridgehead atoms. The summed E-state index contributed by atoms with van der Waals surface area (Å²) in [6.07, 6.45) is 0.982. The van der Waals surface area contributed by atoms with Crippen molar-refractivity contribution >= 4 is 23.4 Å². The molecule has 3 rings (SSSR count). The normalized spacial score (nSPS) is 17.2. The standard InChI is InChI=1S/C25H33N3O4/c1-4-28(5-2)22-12-10-21(11-13-22)26-23(29)25(27-24(30)32-17-16-31-3)15-14-19-8-6-7-9-20(19)18-25/h6-13H,4-5,14-18H2,1-3H3,(H,26,29)(H,27,30)/t25-/m0/s1. The van der Waals surface area contributed by atoms with Gasteiger partial charge in [-0.1, -0.05) is 24.3 Å². The van der Waals surface area contributed by atoms with Crippen LogP contribution in [-0.2, 0) is 27.1 Å². The summed E-state index contributed by atoms with van der Waals surface area (Å²) in [7, 11) is 1.54. The van der Waals surface area contributed by atoms with Gasteiger partial charge in [-0.25, -0.2) is 4.79 Å². The molecule has 7 nitrogen and oxygen atoms in total. The Bertz CT molecular complexity index is 912. The van der Waals surface area contributed by atoms with Crippen molar-refractivity contribution in [3.8, 4) is 0 Å². The first-order valence-corrected chi connectivity index (χ1v) is 11.2. The lowest BCUT2D eigenvalue weighted by Gasteiger charge is -2.37. The molecule has 0 unspecified atom stereocenters. The lowest BCUT2D eigenvalue weighted by Crippen LogP contribution is -2.60. The van der Waals surface area contributed by atoms with E-state index in [0.717, 1.165) is 24.3 Å². The Hall–Kier alpha value is -3.06. The number of amides is 2. The average Bonchev–Trinajstić information content (AvgIpc) is 2.81. The fourth-order valence-electron chi connectivity index (χ4n) is 4.14. The van der Waals surface area contributed by atoms with E-state index in [1.165, 1.54) is 5.56 Å². The number of nitrogens with one attached hydrogen (secondary N) is 2. The van der Waals surface area contributed by atoms with Crippen LogP contribution in [0.15, 0.2) is 48.5 Å². The number of nitrogens with zero attached hydrogens (tertiary/aromatic N) is 1. The number of alkyl carbamates (subject to hydrolysis) is 1. The Kier molecular flexibility index (Phi) is 8.11. The highest BCUT2D eigenvalue weighted by atomic mass is 16.6. The van der Waals surface area contributed by atoms with E-state index in [1.807, 2.05) is 42.5 Å². The number of aryl methyl sites for hydroxylation is 1. The van der Waals surface area contributed by atoms with Crippen LogP contribution in [0.25, 0.3) is 0 Å². The molecule has 0 aromatic heterocycles. The summed E-state index contributed by atoms with van der Waals surface area (Å²) in [4.78, 5) is 28.2. The predicted molar refractivity (Wildman–Crippen MR) is 126 cm³/mol. The maximum Gasteiger partial charge on any atom is 0.408 e. The monoisotopic (exact) mass is 439 g/mol. The van der Waals surface area contributed by atoms with Crippen LogP contribution in [0.2, 0.25) is 0 Å². The van der Waals surface area contributed by atoms with E-state index in [4.69, 9.17) is 9.47 Å². The van der Waals surface area contributed by atoms with E-state index in [9.17, 15) is 9.59 Å². The van der Waals surface area contributed by atoms with E-state index in [0.29, 0.717) is 31.6 Å². The largest absolute Gasteiger partial charge is 0.447 e. The van der Waals surface area contributed by atoms with Crippen molar-refractivity contribution in [3.63, 3.8) is 0 Å². The van der Waals surface area contributed by atoms with Gasteiger partial charge < -0.3 is 25.0 Å². The number of hydrogen-bond acceptors (Lipinski definition) is 5. The van der Waals surface area contributed by atoms with Crippen LogP contribution in [0, 0.1) is 0 Å². The number of ether oxygens (including phenoxy) is 2. The SMILES string of the molecule is CCN(CC)c1ccc(NC(=O)[C@]2(NC(=O)OCCOC)CCc3ccccc3C2)cc1. The van der Waals surface area contributed by atoms with Crippen LogP contribution in [-0.4, -0.2) is 51.0 Å². The molecule has 2 aromatic rings. The third-order valence-electron chi connectivity index (χ3n) is 5.98. The van der Waals surface area contributed by atoms with Gasteiger partial charge >= 0.3 is 6.09 Å². The van der Waals surface area contributed by atoms with Crippen molar-refractivity contribution in [3.05, 3.63) is 59.7 Å². The number of hydrogen-bond donors (Lipinski definition) is 2. The number of rotatable bonds is 9. The zero-order valence-electron chi connectivity index (χ0n) is 19.1. The molecule has 32 heavy (non-hydrogen) atoms. The summed E-state index contributed by atoms with van der Waals surface area (Å²) in [6, 6.07) is 15.8. The minimum absolute atomic E-state index is 0.128. The lowest BCUT2D eigenvalue weighted by atomic mass is 9.77. The molecule has 0 heterocycles. The Morgan fingerprint density at radius 3 is 2.34 bits per heavy atom. The van der Waals surface area contributed by atoms with Crippen molar-refractivity contribution in [2.45, 2.75) is 38.6 Å². The molecule has 0 saturated heterocycles. The van der Waals surface area contributed by atoms with Gasteiger partial charge in [0.25, 0.3) is 5.91 Å². The van der Waals surface area contributed by atoms with E-state index < -0.39 is 11.6 Å². The topological polar surface area (TPSA) is 79.9 Å². The molecule has 1 aliphatic carbocycles. The minimum Gasteiger partial charge on any atom is -0.447 e. The second-order valence-corrected chi connectivity index (χ2v) is 7.95. The number of benzene rings is 2. The van der Waals surface area contributed by atoms with Gasteiger partial charge in [-0.15, -0.1) is 0 Å². The molecule has 0 radical (unpaired) electrons. The molecule has 1 aliphatic rings. The van der Waals surface area contributed by atoms with Crippen LogP contribution < -0.4 is 15.5 Å². The molecule has 0 aliphatic heterocycles. The van der Waals surface area contributed by atoms with E-state index in [-0.39, 0.29) is 12.5 Å². The Morgan fingerprint density at radius 2 is 1.69 bits per heavy atom. The van der Waals surface area contributed by atoms with Gasteiger partial charge in [0.15, 0.2) is 0 Å². The molecule has 2 aromatic carbocycles. The van der Waals surface area contributed by atoms with E-state index in [2.05, 4.69) is 35.4 Å². The van der Waals surface area contributed by atoms with Crippen LogP contribution in [0.5, 0.6) is 0 Å². The Morgan fingerprint density at radius 1 is 1.00 bits per heavy atom. The third kappa shape index (κ3) is 5.59. The zero-order chi connectivity index (χ0) is 23.0. The molecule has 1 atom stereocenters. The van der Waals surface area contributed by atoms with Gasteiger partial charge in [0.05, 0.1) is 6.61 Å². The minimum atomic E-state index is -1.09. The smallest absolute Gasteiger partial charge is 0.408 e. The molecule has 0 saturated carbocycles. The van der Waals surface area contributed by atoms with Crippen LogP contribution in [0.3, 0.4) is 0 Å². The van der Waals surface area contributed by atoms with Gasteiger partial charge in [-0.05, 0) is 62.1 Å². The number of anilines is 2. The van der Waals surface area contributed by atoms with Crippen LogP contribution in [0.1, 0.15) is 31.4 Å². The number of carbonyl (C=O) groups excluding carboxylic acids is 2. The summed E-state index contributed by atoms with van der Waals surface area (Å²) >= 11 is 0. The summed E-state index contributed by atoms with van der Waals surface area (Å²) in [5, 5.41) is 5.87. The molecular formula is C25H33N3O4. The average molecular weight is 440 g/mol. The Labute approximate surface area is 190 Å². The third-order valence-corrected chi connectivity index (χ3v) is 5.98. The first-order chi connectivity index (χ1) is 15.5. The van der Waals surface area contributed by atoms with E-state index in [1.54, 1.807) is 7.11 Å². The fourth-order valence-corrected chi connectivity index (χ4v) is 4.14. The highest BCUT2D eigenvalue weighted by Crippen LogP contribution is 2.30. The maximum atomic E-state index is 13.5. The summed E-state index contributed by atoms with van der Waals surface area (Å²) in [5.74, 6) is -0.244. The van der Waals surface area contributed by atoms with Gasteiger partial charge in [-0.3, -0.25) is 4.79 Å². The van der Waals surface area contributed by atoms with Crippen molar-refractivity contribution in [2.75, 3.05) is 43.6 Å². The van der Waals surface area contributed by atoms with Crippen LogP contribution >= 0.6 is 0 Å². The second kappa shape index (κ2) is 11.0. The Balaban J connectivity index is 1.78. The number of carbonyl (C=O) groups is 2. The predicted octanol–water partition coefficient (Wildman–Crippen LogP) is 3.77. The van der Waals surface area contributed by atoms with Crippen molar-refractivity contribution in [1.29, 1.82) is 0 Å². The first kappa shape index (κ1) is 23.6.